The van der Waals surface area contributed by atoms with Crippen molar-refractivity contribution in [3.05, 3.63) is 30.1 Å². The van der Waals surface area contributed by atoms with E-state index in [1.807, 2.05) is 6.07 Å². The summed E-state index contributed by atoms with van der Waals surface area (Å²) in [7, 11) is 0. The number of carbonyl (C=O) groups excluding carboxylic acids is 1. The molecule has 1 amide bonds. The number of benzene rings is 1. The molecule has 3 rings (SSSR count). The molecule has 1 aromatic rings. The molecule has 2 aliphatic rings. The molecule has 2 aliphatic heterocycles. The molecule has 5 nitrogen and oxygen atoms in total. The highest BCUT2D eigenvalue weighted by atomic mass is 35.5. The van der Waals surface area contributed by atoms with Gasteiger partial charge >= 0.3 is 0 Å². The second kappa shape index (κ2) is 9.42. The van der Waals surface area contributed by atoms with Gasteiger partial charge in [0.2, 0.25) is 5.91 Å². The molecule has 1 aromatic carbocycles. The van der Waals surface area contributed by atoms with Crippen LogP contribution in [-0.2, 0) is 4.79 Å². The van der Waals surface area contributed by atoms with E-state index < -0.39 is 6.10 Å². The van der Waals surface area contributed by atoms with Gasteiger partial charge in [-0.3, -0.25) is 4.79 Å². The highest BCUT2D eigenvalue weighted by Gasteiger charge is 2.30. The number of nitrogens with zero attached hydrogens (tertiary/aromatic N) is 1. The van der Waals surface area contributed by atoms with Gasteiger partial charge in [-0.1, -0.05) is 6.07 Å². The molecule has 2 saturated heterocycles. The number of anilines is 1. The number of hydrogen-bond donors (Lipinski definition) is 3. The number of halogens is 3. The Bertz CT molecular complexity index is 550. The summed E-state index contributed by atoms with van der Waals surface area (Å²) in [5.74, 6) is -0.296. The lowest BCUT2D eigenvalue weighted by Crippen LogP contribution is -2.51. The molecule has 3 unspecified atom stereocenters. The maximum atomic E-state index is 13.3. The number of aliphatic hydroxyl groups excluding tert-OH is 1. The van der Waals surface area contributed by atoms with E-state index in [-0.39, 0.29) is 48.6 Å². The first-order chi connectivity index (χ1) is 10.6. The predicted molar refractivity (Wildman–Crippen MR) is 96.7 cm³/mol. The van der Waals surface area contributed by atoms with Gasteiger partial charge in [0.05, 0.1) is 12.1 Å². The molecule has 136 valence electrons. The van der Waals surface area contributed by atoms with Gasteiger partial charge < -0.3 is 20.6 Å². The van der Waals surface area contributed by atoms with Crippen molar-refractivity contribution in [2.75, 3.05) is 24.5 Å². The van der Waals surface area contributed by atoms with Crippen LogP contribution in [0.25, 0.3) is 0 Å². The Balaban J connectivity index is 0.00000144. The SMILES string of the molecule is Cl.Cl.O=C(NC1CCCN(c2cccc(F)c2)C1)C1CC(O)CN1. The lowest BCUT2D eigenvalue weighted by Gasteiger charge is -2.35. The summed E-state index contributed by atoms with van der Waals surface area (Å²) >= 11 is 0. The van der Waals surface area contributed by atoms with E-state index in [0.717, 1.165) is 25.1 Å². The van der Waals surface area contributed by atoms with E-state index in [4.69, 9.17) is 0 Å². The average Bonchev–Trinajstić information content (AvgIpc) is 2.94. The third-order valence-corrected chi connectivity index (χ3v) is 4.37. The van der Waals surface area contributed by atoms with E-state index in [1.54, 1.807) is 6.07 Å². The standard InChI is InChI=1S/C16H22FN3O2.2ClH/c17-11-3-1-5-13(7-11)20-6-2-4-12(10-20)19-16(22)15-8-14(21)9-18-15;;/h1,3,5,7,12,14-15,18,21H,2,4,6,8-10H2,(H,19,22);2*1H. The Kier molecular flexibility index (Phi) is 8.22. The van der Waals surface area contributed by atoms with E-state index >= 15 is 0 Å². The number of β-amino-alcohol motifs (C(OH)–C–C–N with tert-alkyl or cyclic N) is 1. The van der Waals surface area contributed by atoms with E-state index in [9.17, 15) is 14.3 Å². The number of rotatable bonds is 3. The Morgan fingerprint density at radius 2 is 2.17 bits per heavy atom. The van der Waals surface area contributed by atoms with Crippen LogP contribution in [0.15, 0.2) is 24.3 Å². The van der Waals surface area contributed by atoms with Crippen LogP contribution in [-0.4, -0.2) is 48.8 Å². The Morgan fingerprint density at radius 3 is 2.83 bits per heavy atom. The minimum Gasteiger partial charge on any atom is -0.392 e. The smallest absolute Gasteiger partial charge is 0.237 e. The van der Waals surface area contributed by atoms with Crippen molar-refractivity contribution >= 4 is 36.4 Å². The van der Waals surface area contributed by atoms with Gasteiger partial charge in [-0.2, -0.15) is 0 Å². The largest absolute Gasteiger partial charge is 0.392 e. The van der Waals surface area contributed by atoms with Crippen molar-refractivity contribution in [1.29, 1.82) is 0 Å². The number of aliphatic hydroxyl groups is 1. The quantitative estimate of drug-likeness (QED) is 0.744. The number of hydrogen-bond acceptors (Lipinski definition) is 4. The fourth-order valence-electron chi connectivity index (χ4n) is 3.22. The molecule has 0 aromatic heterocycles. The number of carbonyl (C=O) groups is 1. The Labute approximate surface area is 153 Å². The number of amides is 1. The summed E-state index contributed by atoms with van der Waals surface area (Å²) in [5.41, 5.74) is 0.855. The van der Waals surface area contributed by atoms with Crippen LogP contribution in [0.2, 0.25) is 0 Å². The predicted octanol–water partition coefficient (Wildman–Crippen LogP) is 1.48. The van der Waals surface area contributed by atoms with Gasteiger partial charge in [0.25, 0.3) is 0 Å². The second-order valence-corrected chi connectivity index (χ2v) is 6.12. The Hall–Kier alpha value is -1.08. The van der Waals surface area contributed by atoms with Crippen LogP contribution in [0.5, 0.6) is 0 Å². The molecule has 0 aliphatic carbocycles. The summed E-state index contributed by atoms with van der Waals surface area (Å²) in [4.78, 5) is 14.3. The molecular weight excluding hydrogens is 356 g/mol. The highest BCUT2D eigenvalue weighted by molar-refractivity contribution is 5.85. The van der Waals surface area contributed by atoms with Gasteiger partial charge in [0.15, 0.2) is 0 Å². The van der Waals surface area contributed by atoms with Crippen molar-refractivity contribution < 1.29 is 14.3 Å². The molecule has 3 N–H and O–H groups in total. The van der Waals surface area contributed by atoms with E-state index in [1.165, 1.54) is 12.1 Å². The zero-order valence-corrected chi connectivity index (χ0v) is 14.9. The van der Waals surface area contributed by atoms with Gasteiger partial charge in [0, 0.05) is 31.4 Å². The van der Waals surface area contributed by atoms with E-state index in [2.05, 4.69) is 15.5 Å². The van der Waals surface area contributed by atoms with Crippen molar-refractivity contribution in [1.82, 2.24) is 10.6 Å². The van der Waals surface area contributed by atoms with Crippen LogP contribution in [0.3, 0.4) is 0 Å². The van der Waals surface area contributed by atoms with Gasteiger partial charge in [0.1, 0.15) is 5.82 Å². The molecule has 0 radical (unpaired) electrons. The van der Waals surface area contributed by atoms with Crippen molar-refractivity contribution in [2.24, 2.45) is 0 Å². The zero-order chi connectivity index (χ0) is 15.5. The van der Waals surface area contributed by atoms with Crippen LogP contribution in [0, 0.1) is 5.82 Å². The molecule has 0 bridgehead atoms. The molecule has 0 spiro atoms. The number of piperidine rings is 1. The van der Waals surface area contributed by atoms with E-state index in [0.29, 0.717) is 19.5 Å². The van der Waals surface area contributed by atoms with Crippen molar-refractivity contribution in [3.63, 3.8) is 0 Å². The normalized spacial score (nSPS) is 26.2. The fraction of sp³-hybridized carbons (Fsp3) is 0.562. The fourth-order valence-corrected chi connectivity index (χ4v) is 3.22. The summed E-state index contributed by atoms with van der Waals surface area (Å²) in [6.45, 7) is 2.03. The lowest BCUT2D eigenvalue weighted by atomic mass is 10.0. The first-order valence-electron chi connectivity index (χ1n) is 7.84. The monoisotopic (exact) mass is 379 g/mol. The molecule has 2 fully saturated rings. The summed E-state index contributed by atoms with van der Waals surface area (Å²) in [5, 5.41) is 15.6. The zero-order valence-electron chi connectivity index (χ0n) is 13.3. The Morgan fingerprint density at radius 1 is 1.38 bits per heavy atom. The number of nitrogens with one attached hydrogen (secondary N) is 2. The molecule has 8 heteroatoms. The third kappa shape index (κ3) is 5.21. The molecular formula is C16H24Cl2FN3O2. The molecule has 0 saturated carbocycles. The van der Waals surface area contributed by atoms with Crippen LogP contribution >= 0.6 is 24.8 Å². The van der Waals surface area contributed by atoms with Crippen molar-refractivity contribution in [2.45, 2.75) is 37.5 Å². The minimum absolute atomic E-state index is 0. The summed E-state index contributed by atoms with van der Waals surface area (Å²) in [6.07, 6.45) is 1.91. The average molecular weight is 380 g/mol. The maximum absolute atomic E-state index is 13.3. The van der Waals surface area contributed by atoms with Crippen LogP contribution < -0.4 is 15.5 Å². The molecule has 3 atom stereocenters. The van der Waals surface area contributed by atoms with Crippen LogP contribution in [0.1, 0.15) is 19.3 Å². The van der Waals surface area contributed by atoms with Crippen LogP contribution in [0.4, 0.5) is 10.1 Å². The summed E-state index contributed by atoms with van der Waals surface area (Å²) in [6, 6.07) is 6.31. The third-order valence-electron chi connectivity index (χ3n) is 4.37. The molecule has 2 heterocycles. The second-order valence-electron chi connectivity index (χ2n) is 6.12. The van der Waals surface area contributed by atoms with Gasteiger partial charge in [-0.25, -0.2) is 4.39 Å². The van der Waals surface area contributed by atoms with Crippen molar-refractivity contribution in [3.8, 4) is 0 Å². The first kappa shape index (κ1) is 21.0. The van der Waals surface area contributed by atoms with Gasteiger partial charge in [-0.05, 0) is 37.5 Å². The summed E-state index contributed by atoms with van der Waals surface area (Å²) < 4.78 is 13.3. The first-order valence-corrected chi connectivity index (χ1v) is 7.84. The molecule has 24 heavy (non-hydrogen) atoms. The van der Waals surface area contributed by atoms with Gasteiger partial charge in [-0.15, -0.1) is 24.8 Å². The maximum Gasteiger partial charge on any atom is 0.237 e. The highest BCUT2D eigenvalue weighted by Crippen LogP contribution is 2.21. The minimum atomic E-state index is -0.439. The lowest BCUT2D eigenvalue weighted by molar-refractivity contribution is -0.123. The topological polar surface area (TPSA) is 64.6 Å².